The van der Waals surface area contributed by atoms with Gasteiger partial charge in [-0.15, -0.1) is 0 Å². The molecule has 0 aliphatic carbocycles. The Labute approximate surface area is 341 Å². The normalized spacial score (nSPS) is 11.7. The SMILES string of the molecule is c1ccc(-n2c3ccccc3c3ccc(-c4ccc(N(c5ccc(-c6cc7ccccc7c7ccccc67)cc5)c5ccc6c(c5)oc5ccccc56)cc4)cc32)cc1. The molecule has 0 spiro atoms. The van der Waals surface area contributed by atoms with E-state index in [0.29, 0.717) is 0 Å². The molecule has 0 aliphatic heterocycles. The minimum atomic E-state index is 0.867. The first kappa shape index (κ1) is 33.3. The second kappa shape index (κ2) is 13.4. The van der Waals surface area contributed by atoms with E-state index in [2.05, 4.69) is 216 Å². The first-order valence-corrected chi connectivity index (χ1v) is 20.2. The maximum atomic E-state index is 6.41. The third-order valence-corrected chi connectivity index (χ3v) is 12.0. The number of rotatable bonds is 6. The molecule has 0 atom stereocenters. The van der Waals surface area contributed by atoms with Crippen molar-refractivity contribution in [2.24, 2.45) is 0 Å². The highest BCUT2D eigenvalue weighted by Crippen LogP contribution is 2.42. The van der Waals surface area contributed by atoms with Gasteiger partial charge in [-0.2, -0.15) is 0 Å². The lowest BCUT2D eigenvalue weighted by Gasteiger charge is -2.26. The standard InChI is InChI=1S/C56H36N2O/c1-2-13-41(14-3-1)58-53-20-10-8-18-48(53)49-32-26-39(35-54(49)58)37-22-27-42(28-23-37)57(44-31-33-51-50-19-9-11-21-55(50)59-56(51)36-44)43-29-24-38(25-30-43)52-34-40-12-4-5-15-45(40)46-16-6-7-17-47(46)52/h1-36H. The average Bonchev–Trinajstić information content (AvgIpc) is 3.85. The van der Waals surface area contributed by atoms with E-state index in [1.54, 1.807) is 0 Å². The molecule has 3 heteroatoms. The molecule has 2 aromatic heterocycles. The topological polar surface area (TPSA) is 21.3 Å². The smallest absolute Gasteiger partial charge is 0.137 e. The van der Waals surface area contributed by atoms with Crippen molar-refractivity contribution in [3.8, 4) is 27.9 Å². The number of fused-ring (bicyclic) bond motifs is 9. The van der Waals surface area contributed by atoms with Crippen LogP contribution in [0.15, 0.2) is 223 Å². The van der Waals surface area contributed by atoms with Crippen LogP contribution in [0.2, 0.25) is 0 Å². The molecule has 12 aromatic rings. The van der Waals surface area contributed by atoms with E-state index in [0.717, 1.165) is 50.3 Å². The second-order valence-electron chi connectivity index (χ2n) is 15.3. The molecule has 0 radical (unpaired) electrons. The molecule has 0 unspecified atom stereocenters. The van der Waals surface area contributed by atoms with Gasteiger partial charge in [0.05, 0.1) is 11.0 Å². The van der Waals surface area contributed by atoms with Crippen molar-refractivity contribution < 1.29 is 4.42 Å². The van der Waals surface area contributed by atoms with Crippen LogP contribution in [-0.2, 0) is 0 Å². The van der Waals surface area contributed by atoms with Gasteiger partial charge < -0.3 is 13.9 Å². The van der Waals surface area contributed by atoms with Crippen molar-refractivity contribution in [2.75, 3.05) is 4.90 Å². The van der Waals surface area contributed by atoms with Crippen LogP contribution >= 0.6 is 0 Å². The van der Waals surface area contributed by atoms with Crippen LogP contribution in [0.4, 0.5) is 17.1 Å². The Kier molecular flexibility index (Phi) is 7.54. The lowest BCUT2D eigenvalue weighted by molar-refractivity contribution is 0.669. The van der Waals surface area contributed by atoms with E-state index in [-0.39, 0.29) is 0 Å². The Morgan fingerprint density at radius 2 is 0.881 bits per heavy atom. The van der Waals surface area contributed by atoms with Crippen LogP contribution in [0.3, 0.4) is 0 Å². The summed E-state index contributed by atoms with van der Waals surface area (Å²) in [5, 5.41) is 9.78. The van der Waals surface area contributed by atoms with Gasteiger partial charge in [0.1, 0.15) is 11.2 Å². The van der Waals surface area contributed by atoms with Gasteiger partial charge in [0.25, 0.3) is 0 Å². The summed E-state index contributed by atoms with van der Waals surface area (Å²) in [5.41, 5.74) is 13.2. The molecule has 2 heterocycles. The predicted octanol–water partition coefficient (Wildman–Crippen LogP) is 15.8. The molecule has 0 fully saturated rings. The zero-order valence-electron chi connectivity index (χ0n) is 32.1. The molecule has 0 amide bonds. The molecule has 0 bridgehead atoms. The van der Waals surface area contributed by atoms with Gasteiger partial charge >= 0.3 is 0 Å². The van der Waals surface area contributed by atoms with Crippen molar-refractivity contribution >= 4 is 82.4 Å². The minimum absolute atomic E-state index is 0.867. The molecule has 0 saturated carbocycles. The zero-order valence-corrected chi connectivity index (χ0v) is 32.1. The summed E-state index contributed by atoms with van der Waals surface area (Å²) < 4.78 is 8.79. The summed E-state index contributed by atoms with van der Waals surface area (Å²) in [6, 6.07) is 78.7. The molecule has 10 aromatic carbocycles. The Hall–Kier alpha value is -7.88. The highest BCUT2D eigenvalue weighted by molar-refractivity contribution is 6.14. The van der Waals surface area contributed by atoms with Crippen molar-refractivity contribution in [1.29, 1.82) is 0 Å². The first-order chi connectivity index (χ1) is 29.2. The Bertz CT molecular complexity index is 3540. The summed E-state index contributed by atoms with van der Waals surface area (Å²) in [6.45, 7) is 0. The molecule has 0 N–H and O–H groups in total. The average molecular weight is 753 g/mol. The lowest BCUT2D eigenvalue weighted by Crippen LogP contribution is -2.09. The quantitative estimate of drug-likeness (QED) is 0.158. The fourth-order valence-electron chi connectivity index (χ4n) is 9.19. The zero-order chi connectivity index (χ0) is 38.9. The highest BCUT2D eigenvalue weighted by Gasteiger charge is 2.18. The van der Waals surface area contributed by atoms with Gasteiger partial charge in [0.15, 0.2) is 0 Å². The summed E-state index contributed by atoms with van der Waals surface area (Å²) in [5.74, 6) is 0. The Morgan fingerprint density at radius 1 is 0.322 bits per heavy atom. The third-order valence-electron chi connectivity index (χ3n) is 12.0. The minimum Gasteiger partial charge on any atom is -0.456 e. The van der Waals surface area contributed by atoms with Gasteiger partial charge in [-0.3, -0.25) is 0 Å². The monoisotopic (exact) mass is 752 g/mol. The van der Waals surface area contributed by atoms with Crippen molar-refractivity contribution in [3.05, 3.63) is 218 Å². The maximum Gasteiger partial charge on any atom is 0.137 e. The summed E-state index contributed by atoms with van der Waals surface area (Å²) in [6.07, 6.45) is 0. The highest BCUT2D eigenvalue weighted by atomic mass is 16.3. The van der Waals surface area contributed by atoms with Crippen LogP contribution in [0.5, 0.6) is 0 Å². The number of hydrogen-bond donors (Lipinski definition) is 0. The molecular formula is C56H36N2O. The largest absolute Gasteiger partial charge is 0.456 e. The Morgan fingerprint density at radius 3 is 1.68 bits per heavy atom. The molecule has 276 valence electrons. The van der Waals surface area contributed by atoms with Crippen LogP contribution in [0.1, 0.15) is 0 Å². The molecule has 0 saturated heterocycles. The third kappa shape index (κ3) is 5.44. The number of para-hydroxylation sites is 3. The van der Waals surface area contributed by atoms with E-state index in [9.17, 15) is 0 Å². The van der Waals surface area contributed by atoms with Gasteiger partial charge in [-0.1, -0.05) is 140 Å². The van der Waals surface area contributed by atoms with E-state index in [1.807, 2.05) is 12.1 Å². The molecule has 59 heavy (non-hydrogen) atoms. The predicted molar refractivity (Wildman–Crippen MR) is 249 cm³/mol. The van der Waals surface area contributed by atoms with Crippen LogP contribution in [0, 0.1) is 0 Å². The first-order valence-electron chi connectivity index (χ1n) is 20.2. The molecular weight excluding hydrogens is 717 g/mol. The van der Waals surface area contributed by atoms with E-state index < -0.39 is 0 Å². The van der Waals surface area contributed by atoms with Gasteiger partial charge in [-0.05, 0) is 117 Å². The fraction of sp³-hybridized carbons (Fsp3) is 0. The van der Waals surface area contributed by atoms with Gasteiger partial charge in [0, 0.05) is 50.4 Å². The number of nitrogens with zero attached hydrogens (tertiary/aromatic N) is 2. The number of anilines is 3. The van der Waals surface area contributed by atoms with Crippen molar-refractivity contribution in [3.63, 3.8) is 0 Å². The summed E-state index contributed by atoms with van der Waals surface area (Å²) in [4.78, 5) is 2.33. The number of aromatic nitrogens is 1. The number of hydrogen-bond acceptors (Lipinski definition) is 2. The molecule has 3 nitrogen and oxygen atoms in total. The van der Waals surface area contributed by atoms with Gasteiger partial charge in [0.2, 0.25) is 0 Å². The molecule has 0 aliphatic rings. The van der Waals surface area contributed by atoms with E-state index in [1.165, 1.54) is 60.0 Å². The van der Waals surface area contributed by atoms with E-state index in [4.69, 9.17) is 4.42 Å². The second-order valence-corrected chi connectivity index (χ2v) is 15.3. The van der Waals surface area contributed by atoms with Crippen molar-refractivity contribution in [2.45, 2.75) is 0 Å². The van der Waals surface area contributed by atoms with Gasteiger partial charge in [-0.25, -0.2) is 0 Å². The molecule has 12 rings (SSSR count). The summed E-state index contributed by atoms with van der Waals surface area (Å²) >= 11 is 0. The Balaban J connectivity index is 0.976. The number of furan rings is 1. The lowest BCUT2D eigenvalue weighted by atomic mass is 9.93. The van der Waals surface area contributed by atoms with Crippen LogP contribution in [0.25, 0.3) is 93.2 Å². The summed E-state index contributed by atoms with van der Waals surface area (Å²) in [7, 11) is 0. The fourth-order valence-corrected chi connectivity index (χ4v) is 9.19. The number of benzene rings is 10. The van der Waals surface area contributed by atoms with Crippen LogP contribution in [-0.4, -0.2) is 4.57 Å². The van der Waals surface area contributed by atoms with E-state index >= 15 is 0 Å². The van der Waals surface area contributed by atoms with Crippen molar-refractivity contribution in [1.82, 2.24) is 4.57 Å². The van der Waals surface area contributed by atoms with Crippen LogP contribution < -0.4 is 4.90 Å². The maximum absolute atomic E-state index is 6.41.